The molecule has 1 heterocycles. The summed E-state index contributed by atoms with van der Waals surface area (Å²) in [6.45, 7) is 0.701. The first kappa shape index (κ1) is 4.18. The Balaban J connectivity index is 2.26. The quantitative estimate of drug-likeness (QED) is 0.420. The molecule has 1 rings (SSSR count). The minimum atomic E-state index is 0.701. The van der Waals surface area contributed by atoms with E-state index in [9.17, 15) is 0 Å². The molecule has 2 nitrogen and oxygen atoms in total. The van der Waals surface area contributed by atoms with Gasteiger partial charge in [-0.05, 0) is 5.41 Å². The van der Waals surface area contributed by atoms with Crippen LogP contribution in [0.1, 0.15) is 0 Å². The van der Waals surface area contributed by atoms with E-state index in [1.54, 1.807) is 0 Å². The molecule has 1 aliphatic heterocycles. The van der Waals surface area contributed by atoms with E-state index in [4.69, 9.17) is 0 Å². The van der Waals surface area contributed by atoms with Crippen LogP contribution in [0.5, 0.6) is 0 Å². The number of hydrogen-bond acceptors (Lipinski definition) is 2. The van der Waals surface area contributed by atoms with E-state index in [0.29, 0.717) is 6.54 Å². The van der Waals surface area contributed by atoms with Gasteiger partial charge in [-0.2, -0.15) is 0 Å². The Morgan fingerprint density at radius 2 is 2.83 bits per heavy atom. The maximum Gasteiger partial charge on any atom is 0.0629 e. The Bertz CT molecular complexity index is 55.8. The second-order valence-corrected chi connectivity index (χ2v) is 1.47. The second-order valence-electron chi connectivity index (χ2n) is 0.854. The van der Waals surface area contributed by atoms with Crippen molar-refractivity contribution >= 4 is 12.0 Å². The van der Waals surface area contributed by atoms with Gasteiger partial charge in [-0.3, -0.25) is 0 Å². The lowest BCUT2D eigenvalue weighted by Gasteiger charge is -1.97. The predicted molar refractivity (Wildman–Crippen MR) is 24.8 cm³/mol. The average Bonchev–Trinajstić information content (AvgIpc) is 1.72. The second kappa shape index (κ2) is 2.23. The van der Waals surface area contributed by atoms with Crippen molar-refractivity contribution in [1.82, 2.24) is 5.48 Å². The lowest BCUT2D eigenvalue weighted by atomic mass is 10.7. The molecule has 1 aliphatic rings. The van der Waals surface area contributed by atoms with Gasteiger partial charge in [-0.15, -0.1) is 0 Å². The van der Waals surface area contributed by atoms with Gasteiger partial charge in [0.15, 0.2) is 0 Å². The van der Waals surface area contributed by atoms with Crippen molar-refractivity contribution in [1.29, 1.82) is 0 Å². The molecule has 0 fully saturated rings. The minimum Gasteiger partial charge on any atom is -0.207 e. The van der Waals surface area contributed by atoms with Crippen molar-refractivity contribution in [3.8, 4) is 0 Å². The maximum absolute atomic E-state index is 4.52. The lowest BCUT2D eigenvalue weighted by molar-refractivity contribution is 0.241. The summed E-state index contributed by atoms with van der Waals surface area (Å²) in [7, 11) is 0. The van der Waals surface area contributed by atoms with Gasteiger partial charge in [0.1, 0.15) is 0 Å². The Labute approximate surface area is 40.7 Å². The third kappa shape index (κ3) is 1.01. The molecular formula is C3H4NOS. The number of rotatable bonds is 0. The fourth-order valence-electron chi connectivity index (χ4n) is 0.211. The molecule has 0 amide bonds. The summed E-state index contributed by atoms with van der Waals surface area (Å²) in [6, 6.07) is 0. The molecule has 0 aromatic rings. The van der Waals surface area contributed by atoms with Gasteiger partial charge in [-0.1, -0.05) is 11.6 Å². The van der Waals surface area contributed by atoms with E-state index in [0.717, 1.165) is 0 Å². The van der Waals surface area contributed by atoms with Gasteiger partial charge in [-0.25, -0.2) is 4.28 Å². The van der Waals surface area contributed by atoms with Crippen molar-refractivity contribution in [3.63, 3.8) is 0 Å². The van der Waals surface area contributed by atoms with Crippen LogP contribution < -0.4 is 5.48 Å². The van der Waals surface area contributed by atoms with Crippen LogP contribution in [0.3, 0.4) is 0 Å². The van der Waals surface area contributed by atoms with Crippen LogP contribution in [-0.4, -0.2) is 6.54 Å². The Morgan fingerprint density at radius 3 is 3.00 bits per heavy atom. The van der Waals surface area contributed by atoms with Gasteiger partial charge >= 0.3 is 0 Å². The number of nitrogens with zero attached hydrogens (tertiary/aromatic N) is 1. The lowest BCUT2D eigenvalue weighted by Crippen LogP contribution is -2.02. The number of hydroxylamine groups is 1. The van der Waals surface area contributed by atoms with Gasteiger partial charge in [0.2, 0.25) is 0 Å². The van der Waals surface area contributed by atoms with E-state index >= 15 is 0 Å². The molecule has 1 radical (unpaired) electrons. The van der Waals surface area contributed by atoms with Crippen molar-refractivity contribution in [2.24, 2.45) is 0 Å². The predicted octanol–water partition coefficient (Wildman–Crippen LogP) is 0.698. The van der Waals surface area contributed by atoms with Gasteiger partial charge in [0.05, 0.1) is 6.54 Å². The van der Waals surface area contributed by atoms with Crippen LogP contribution in [0.25, 0.3) is 0 Å². The maximum atomic E-state index is 4.52. The van der Waals surface area contributed by atoms with Crippen LogP contribution in [0, 0.1) is 0 Å². The van der Waals surface area contributed by atoms with Crippen LogP contribution in [0.2, 0.25) is 0 Å². The van der Waals surface area contributed by atoms with Crippen LogP contribution in [0.4, 0.5) is 0 Å². The van der Waals surface area contributed by atoms with Gasteiger partial charge in [0, 0.05) is 12.0 Å². The van der Waals surface area contributed by atoms with E-state index in [2.05, 4.69) is 9.76 Å². The SMILES string of the molecule is C1=CSO[N]C1. The standard InChI is InChI=1S/C3H4NOS/c1-2-4-5-6-3-1/h1,3H,2H2. The molecular weight excluding hydrogens is 98.1 g/mol. The monoisotopic (exact) mass is 102 g/mol. The normalized spacial score (nSPS) is 21.3. The summed E-state index contributed by atoms with van der Waals surface area (Å²) >= 11 is 1.25. The third-order valence-electron chi connectivity index (χ3n) is 0.427. The zero-order valence-corrected chi connectivity index (χ0v) is 3.94. The Morgan fingerprint density at radius 1 is 1.83 bits per heavy atom. The molecule has 0 N–H and O–H groups in total. The molecule has 0 aromatic heterocycles. The van der Waals surface area contributed by atoms with E-state index in [1.807, 2.05) is 11.5 Å². The van der Waals surface area contributed by atoms with Crippen molar-refractivity contribution in [3.05, 3.63) is 11.5 Å². The van der Waals surface area contributed by atoms with Crippen LogP contribution in [0.15, 0.2) is 11.5 Å². The number of hydrogen-bond donors (Lipinski definition) is 0. The highest BCUT2D eigenvalue weighted by Gasteiger charge is 1.88. The van der Waals surface area contributed by atoms with Crippen LogP contribution in [-0.2, 0) is 4.28 Å². The Kier molecular flexibility index (Phi) is 1.55. The molecule has 0 spiro atoms. The topological polar surface area (TPSA) is 23.3 Å². The molecule has 33 valence electrons. The van der Waals surface area contributed by atoms with Gasteiger partial charge in [0.25, 0.3) is 0 Å². The molecule has 0 atom stereocenters. The summed E-state index contributed by atoms with van der Waals surface area (Å²) in [6.07, 6.45) is 1.94. The summed E-state index contributed by atoms with van der Waals surface area (Å²) in [5.41, 5.74) is 3.55. The van der Waals surface area contributed by atoms with Crippen molar-refractivity contribution < 1.29 is 4.28 Å². The molecule has 0 bridgehead atoms. The average molecular weight is 102 g/mol. The minimum absolute atomic E-state index is 0.701. The molecule has 0 saturated heterocycles. The van der Waals surface area contributed by atoms with E-state index < -0.39 is 0 Å². The first-order valence-corrected chi connectivity index (χ1v) is 2.45. The largest absolute Gasteiger partial charge is 0.207 e. The zero-order valence-electron chi connectivity index (χ0n) is 3.13. The molecule has 0 unspecified atom stereocenters. The highest BCUT2D eigenvalue weighted by Crippen LogP contribution is 2.04. The van der Waals surface area contributed by atoms with Crippen molar-refractivity contribution in [2.75, 3.05) is 6.54 Å². The first-order valence-electron chi connectivity index (χ1n) is 1.64. The summed E-state index contributed by atoms with van der Waals surface area (Å²) in [5.74, 6) is 0. The van der Waals surface area contributed by atoms with E-state index in [1.165, 1.54) is 12.0 Å². The van der Waals surface area contributed by atoms with E-state index in [-0.39, 0.29) is 0 Å². The first-order chi connectivity index (χ1) is 3.00. The molecule has 0 saturated carbocycles. The molecule has 3 heteroatoms. The highest BCUT2D eigenvalue weighted by molar-refractivity contribution is 7.97. The summed E-state index contributed by atoms with van der Waals surface area (Å²) in [5, 5.41) is 1.87. The summed E-state index contributed by atoms with van der Waals surface area (Å²) < 4.78 is 4.52. The highest BCUT2D eigenvalue weighted by atomic mass is 32.2. The smallest absolute Gasteiger partial charge is 0.0629 e. The summed E-state index contributed by atoms with van der Waals surface area (Å²) in [4.78, 5) is 0. The Hall–Kier alpha value is 0.01000. The zero-order chi connectivity index (χ0) is 4.24. The van der Waals surface area contributed by atoms with Crippen LogP contribution >= 0.6 is 12.0 Å². The molecule has 0 aromatic carbocycles. The molecule has 6 heavy (non-hydrogen) atoms. The van der Waals surface area contributed by atoms with Gasteiger partial charge < -0.3 is 0 Å². The van der Waals surface area contributed by atoms with Crippen molar-refractivity contribution in [2.45, 2.75) is 0 Å². The fourth-order valence-corrected chi connectivity index (χ4v) is 0.547. The molecule has 0 aliphatic carbocycles. The fraction of sp³-hybridized carbons (Fsp3) is 0.333. The third-order valence-corrected chi connectivity index (χ3v) is 0.922.